The van der Waals surface area contributed by atoms with Crippen molar-refractivity contribution in [1.82, 2.24) is 0 Å². The fourth-order valence-electron chi connectivity index (χ4n) is 0.361. The summed E-state index contributed by atoms with van der Waals surface area (Å²) < 4.78 is 20.9. The normalized spacial score (nSPS) is 11.9. The van der Waals surface area contributed by atoms with Crippen molar-refractivity contribution in [2.45, 2.75) is 5.50 Å². The molecule has 0 saturated carbocycles. The fourth-order valence-corrected chi connectivity index (χ4v) is 0.993. The van der Waals surface area contributed by atoms with Crippen LogP contribution in [0.25, 0.3) is 0 Å². The van der Waals surface area contributed by atoms with Gasteiger partial charge < -0.3 is 9.47 Å². The number of thioether (sulfide) groups is 1. The third-order valence-electron chi connectivity index (χ3n) is 0.962. The van der Waals surface area contributed by atoms with E-state index in [4.69, 9.17) is 0 Å². The molecule has 0 heterocycles. The van der Waals surface area contributed by atoms with Crippen LogP contribution >= 0.6 is 11.8 Å². The van der Waals surface area contributed by atoms with Crippen LogP contribution in [0.5, 0.6) is 0 Å². The molecule has 0 radical (unpaired) electrons. The molecule has 0 aliphatic carbocycles. The topological polar surface area (TPSA) is 52.6 Å². The number of hydrogen-bond donors (Lipinski definition) is 0. The highest BCUT2D eigenvalue weighted by molar-refractivity contribution is 8.01. The lowest BCUT2D eigenvalue weighted by molar-refractivity contribution is -0.142. The van der Waals surface area contributed by atoms with Crippen LogP contribution in [0.1, 0.15) is 0 Å². The number of carbonyl (C=O) groups excluding carboxylic acids is 2. The van der Waals surface area contributed by atoms with Crippen molar-refractivity contribution in [3.63, 3.8) is 0 Å². The van der Waals surface area contributed by atoms with Gasteiger partial charge in [0.2, 0.25) is 5.50 Å². The van der Waals surface area contributed by atoms with Crippen molar-refractivity contribution in [2.75, 3.05) is 20.0 Å². The van der Waals surface area contributed by atoms with Crippen LogP contribution in [0.3, 0.4) is 0 Å². The molecule has 0 aromatic rings. The fraction of sp³-hybridized carbons (Fsp3) is 0.667. The summed E-state index contributed by atoms with van der Waals surface area (Å²) in [6.45, 7) is 0. The van der Waals surface area contributed by atoms with Gasteiger partial charge in [0, 0.05) is 0 Å². The van der Waals surface area contributed by atoms with E-state index < -0.39 is 17.4 Å². The summed E-state index contributed by atoms with van der Waals surface area (Å²) in [5, 5.41) is 0. The molecule has 12 heavy (non-hydrogen) atoms. The van der Waals surface area contributed by atoms with E-state index in [2.05, 4.69) is 9.47 Å². The molecule has 0 aliphatic rings. The van der Waals surface area contributed by atoms with Crippen molar-refractivity contribution < 1.29 is 23.5 Å². The van der Waals surface area contributed by atoms with Crippen LogP contribution < -0.4 is 0 Å². The summed E-state index contributed by atoms with van der Waals surface area (Å²) in [5.41, 5.74) is -1.82. The Kier molecular flexibility index (Phi) is 5.44. The first-order valence-electron chi connectivity index (χ1n) is 3.02. The van der Waals surface area contributed by atoms with Gasteiger partial charge in [0.1, 0.15) is 0 Å². The van der Waals surface area contributed by atoms with Crippen molar-refractivity contribution in [3.05, 3.63) is 0 Å². The van der Waals surface area contributed by atoms with Crippen molar-refractivity contribution >= 4 is 23.7 Å². The molecular formula is C6H9FO4S. The Morgan fingerprint density at radius 3 is 2.42 bits per heavy atom. The minimum absolute atomic E-state index is 0.202. The average Bonchev–Trinajstić information content (AvgIpc) is 2.11. The number of alkyl halides is 1. The van der Waals surface area contributed by atoms with Gasteiger partial charge in [0.25, 0.3) is 0 Å². The van der Waals surface area contributed by atoms with Crippen molar-refractivity contribution in [3.8, 4) is 0 Å². The molecule has 4 nitrogen and oxygen atoms in total. The zero-order valence-corrected chi connectivity index (χ0v) is 7.52. The number of rotatable bonds is 4. The Morgan fingerprint density at radius 2 is 2.00 bits per heavy atom. The van der Waals surface area contributed by atoms with Crippen LogP contribution in [0.4, 0.5) is 4.39 Å². The average molecular weight is 196 g/mol. The summed E-state index contributed by atoms with van der Waals surface area (Å²) in [4.78, 5) is 20.9. The largest absolute Gasteiger partial charge is 0.468 e. The molecule has 0 rings (SSSR count). The lowest BCUT2D eigenvalue weighted by atomic mass is 10.8. The molecule has 0 aromatic heterocycles. The maximum Gasteiger partial charge on any atom is 0.351 e. The van der Waals surface area contributed by atoms with Gasteiger partial charge >= 0.3 is 11.9 Å². The Hall–Kier alpha value is -0.780. The van der Waals surface area contributed by atoms with E-state index in [-0.39, 0.29) is 5.75 Å². The molecule has 0 bridgehead atoms. The second-order valence-corrected chi connectivity index (χ2v) is 2.76. The van der Waals surface area contributed by atoms with Gasteiger partial charge in [-0.2, -0.15) is 0 Å². The molecule has 0 N–H and O–H groups in total. The van der Waals surface area contributed by atoms with E-state index in [0.29, 0.717) is 11.8 Å². The second kappa shape index (κ2) is 5.82. The molecule has 70 valence electrons. The molecule has 0 aromatic carbocycles. The summed E-state index contributed by atoms with van der Waals surface area (Å²) in [6.07, 6.45) is 0. The molecule has 0 aliphatic heterocycles. The predicted octanol–water partition coefficient (Wildman–Crippen LogP) is 0.361. The van der Waals surface area contributed by atoms with E-state index in [9.17, 15) is 14.0 Å². The second-order valence-electron chi connectivity index (χ2n) is 1.73. The molecule has 0 amide bonds. The standard InChI is InChI=1S/C6H9FO4S/c1-10-4(8)3-12-5(7)6(9)11-2/h5H,3H2,1-2H3. The third-order valence-corrected chi connectivity index (χ3v) is 1.85. The quantitative estimate of drug-likeness (QED) is 0.608. The van der Waals surface area contributed by atoms with Crippen LogP contribution in [0.2, 0.25) is 0 Å². The SMILES string of the molecule is COC(=O)CSC(F)C(=O)OC. The van der Waals surface area contributed by atoms with Gasteiger partial charge in [-0.15, -0.1) is 11.8 Å². The molecule has 0 spiro atoms. The maximum atomic E-state index is 12.6. The monoisotopic (exact) mass is 196 g/mol. The Balaban J connectivity index is 3.63. The van der Waals surface area contributed by atoms with E-state index in [1.165, 1.54) is 7.11 Å². The van der Waals surface area contributed by atoms with Gasteiger partial charge in [-0.05, 0) is 0 Å². The first kappa shape index (κ1) is 11.2. The minimum Gasteiger partial charge on any atom is -0.468 e. The number of esters is 2. The zero-order chi connectivity index (χ0) is 9.56. The van der Waals surface area contributed by atoms with E-state index >= 15 is 0 Å². The maximum absolute atomic E-state index is 12.6. The lowest BCUT2D eigenvalue weighted by Crippen LogP contribution is -2.16. The number of methoxy groups -OCH3 is 2. The van der Waals surface area contributed by atoms with Gasteiger partial charge in [-0.25, -0.2) is 9.18 Å². The van der Waals surface area contributed by atoms with Gasteiger partial charge in [-0.3, -0.25) is 4.79 Å². The van der Waals surface area contributed by atoms with E-state index in [1.54, 1.807) is 0 Å². The van der Waals surface area contributed by atoms with Gasteiger partial charge in [-0.1, -0.05) is 0 Å². The minimum atomic E-state index is -1.82. The highest BCUT2D eigenvalue weighted by Gasteiger charge is 2.19. The number of carbonyl (C=O) groups is 2. The molecule has 0 fully saturated rings. The molecule has 1 unspecified atom stereocenters. The molecule has 0 saturated heterocycles. The third kappa shape index (κ3) is 4.17. The first-order valence-corrected chi connectivity index (χ1v) is 4.07. The van der Waals surface area contributed by atoms with Crippen LogP contribution in [-0.2, 0) is 19.1 Å². The molecule has 6 heteroatoms. The number of halogens is 1. The summed E-state index contributed by atoms with van der Waals surface area (Å²) >= 11 is 0.526. The van der Waals surface area contributed by atoms with E-state index in [0.717, 1.165) is 7.11 Å². The summed E-state index contributed by atoms with van der Waals surface area (Å²) in [7, 11) is 2.27. The van der Waals surface area contributed by atoms with Crippen molar-refractivity contribution in [2.24, 2.45) is 0 Å². The molecular weight excluding hydrogens is 187 g/mol. The number of hydrogen-bond acceptors (Lipinski definition) is 5. The molecule has 1 atom stereocenters. The van der Waals surface area contributed by atoms with Crippen LogP contribution in [-0.4, -0.2) is 37.4 Å². The van der Waals surface area contributed by atoms with Crippen LogP contribution in [0, 0.1) is 0 Å². The zero-order valence-electron chi connectivity index (χ0n) is 6.70. The Bertz CT molecular complexity index is 173. The Labute approximate surface area is 73.4 Å². The number of ether oxygens (including phenoxy) is 2. The van der Waals surface area contributed by atoms with Crippen molar-refractivity contribution in [1.29, 1.82) is 0 Å². The van der Waals surface area contributed by atoms with Crippen LogP contribution in [0.15, 0.2) is 0 Å². The summed E-state index contributed by atoms with van der Waals surface area (Å²) in [5.74, 6) is -1.78. The predicted molar refractivity (Wildman–Crippen MR) is 41.4 cm³/mol. The first-order chi connectivity index (χ1) is 5.61. The van der Waals surface area contributed by atoms with Gasteiger partial charge in [0.15, 0.2) is 0 Å². The lowest BCUT2D eigenvalue weighted by Gasteiger charge is -2.03. The summed E-state index contributed by atoms with van der Waals surface area (Å²) in [6, 6.07) is 0. The van der Waals surface area contributed by atoms with E-state index in [1.807, 2.05) is 0 Å². The smallest absolute Gasteiger partial charge is 0.351 e. The Morgan fingerprint density at radius 1 is 1.42 bits per heavy atom. The highest BCUT2D eigenvalue weighted by Crippen LogP contribution is 2.13. The highest BCUT2D eigenvalue weighted by atomic mass is 32.2. The van der Waals surface area contributed by atoms with Gasteiger partial charge in [0.05, 0.1) is 20.0 Å².